The van der Waals surface area contributed by atoms with E-state index in [0.717, 1.165) is 49.0 Å². The van der Waals surface area contributed by atoms with E-state index in [-0.39, 0.29) is 5.56 Å². The minimum Gasteiger partial charge on any atom is -0.357 e. The molecule has 4 nitrogen and oxygen atoms in total. The van der Waals surface area contributed by atoms with Crippen LogP contribution in [0.5, 0.6) is 0 Å². The molecule has 0 radical (unpaired) electrons. The van der Waals surface area contributed by atoms with Gasteiger partial charge in [-0.05, 0) is 23.9 Å². The Morgan fingerprint density at radius 3 is 2.74 bits per heavy atom. The highest BCUT2D eigenvalue weighted by Gasteiger charge is 2.15. The number of pyridine rings is 1. The second-order valence-electron chi connectivity index (χ2n) is 6.68. The Kier molecular flexibility index (Phi) is 3.69. The van der Waals surface area contributed by atoms with Gasteiger partial charge in [0.25, 0.3) is 5.56 Å². The molecule has 5 heteroatoms. The van der Waals surface area contributed by atoms with Crippen molar-refractivity contribution in [3.63, 3.8) is 0 Å². The van der Waals surface area contributed by atoms with Gasteiger partial charge in [0.1, 0.15) is 0 Å². The van der Waals surface area contributed by atoms with Crippen molar-refractivity contribution >= 4 is 48.2 Å². The van der Waals surface area contributed by atoms with Crippen molar-refractivity contribution in [3.8, 4) is 0 Å². The number of rotatable bonds is 3. The van der Waals surface area contributed by atoms with Crippen LogP contribution in [0.3, 0.4) is 0 Å². The van der Waals surface area contributed by atoms with Crippen LogP contribution in [0.2, 0.25) is 0 Å². The average molecular weight is 371 g/mol. The Bertz CT molecular complexity index is 1350. The summed E-state index contributed by atoms with van der Waals surface area (Å²) in [6.45, 7) is 2.76. The largest absolute Gasteiger partial charge is 0.357 e. The molecule has 0 aliphatic heterocycles. The van der Waals surface area contributed by atoms with Gasteiger partial charge in [-0.15, -0.1) is 0 Å². The molecule has 2 aromatic heterocycles. The summed E-state index contributed by atoms with van der Waals surface area (Å²) in [5.74, 6) is 0. The Balaban J connectivity index is 1.74. The van der Waals surface area contributed by atoms with Gasteiger partial charge >= 0.3 is 0 Å². The number of H-pyrrole nitrogens is 1. The molecule has 0 bridgehead atoms. The summed E-state index contributed by atoms with van der Waals surface area (Å²) in [5.41, 5.74) is 3.23. The number of benzene rings is 3. The number of aryl methyl sites for hydroxylation is 1. The molecule has 2 heterocycles. The van der Waals surface area contributed by atoms with Gasteiger partial charge in [0, 0.05) is 23.5 Å². The van der Waals surface area contributed by atoms with Crippen molar-refractivity contribution in [2.24, 2.45) is 0 Å². The number of thiazole rings is 1. The number of aromatic nitrogens is 2. The van der Waals surface area contributed by atoms with Crippen molar-refractivity contribution < 1.29 is 0 Å². The molecule has 0 spiro atoms. The molecule has 5 rings (SSSR count). The first-order valence-corrected chi connectivity index (χ1v) is 9.64. The van der Waals surface area contributed by atoms with Crippen LogP contribution in [0.4, 0.5) is 5.13 Å². The van der Waals surface area contributed by atoms with Crippen molar-refractivity contribution in [1.29, 1.82) is 0 Å². The third kappa shape index (κ3) is 2.67. The first-order valence-electron chi connectivity index (χ1n) is 8.83. The molecule has 0 atom stereocenters. The first kappa shape index (κ1) is 16.0. The van der Waals surface area contributed by atoms with Crippen LogP contribution in [0.25, 0.3) is 31.8 Å². The number of nitrogens with one attached hydrogen (secondary N) is 2. The smallest absolute Gasteiger partial charge is 0.256 e. The Morgan fingerprint density at radius 1 is 1.04 bits per heavy atom. The predicted molar refractivity (Wildman–Crippen MR) is 114 cm³/mol. The van der Waals surface area contributed by atoms with Gasteiger partial charge < -0.3 is 10.3 Å². The predicted octanol–water partition coefficient (Wildman–Crippen LogP) is 5.21. The summed E-state index contributed by atoms with van der Waals surface area (Å²) in [6, 6.07) is 18.4. The molecule has 0 saturated heterocycles. The van der Waals surface area contributed by atoms with Crippen LogP contribution in [0.1, 0.15) is 11.1 Å². The van der Waals surface area contributed by atoms with E-state index in [4.69, 9.17) is 4.98 Å². The van der Waals surface area contributed by atoms with Crippen LogP contribution in [-0.4, -0.2) is 9.97 Å². The molecule has 132 valence electrons. The molecule has 0 amide bonds. The molecule has 5 aromatic rings. The van der Waals surface area contributed by atoms with Gasteiger partial charge in [0.05, 0.1) is 15.6 Å². The van der Waals surface area contributed by atoms with Crippen molar-refractivity contribution in [2.45, 2.75) is 13.5 Å². The lowest BCUT2D eigenvalue weighted by molar-refractivity contribution is 1.14. The first-order chi connectivity index (χ1) is 13.2. The summed E-state index contributed by atoms with van der Waals surface area (Å²) in [4.78, 5) is 20.3. The lowest BCUT2D eigenvalue weighted by atomic mass is 10.0. The molecule has 2 N–H and O–H groups in total. The van der Waals surface area contributed by atoms with E-state index in [9.17, 15) is 4.79 Å². The van der Waals surface area contributed by atoms with Crippen molar-refractivity contribution in [1.82, 2.24) is 9.97 Å². The fraction of sp³-hybridized carbons (Fsp3) is 0.0909. The zero-order chi connectivity index (χ0) is 18.4. The summed E-state index contributed by atoms with van der Waals surface area (Å²) >= 11 is 1.60. The van der Waals surface area contributed by atoms with E-state index in [1.165, 1.54) is 5.56 Å². The summed E-state index contributed by atoms with van der Waals surface area (Å²) in [6.07, 6.45) is 1.71. The van der Waals surface area contributed by atoms with E-state index in [1.54, 1.807) is 17.5 Å². The van der Waals surface area contributed by atoms with Gasteiger partial charge in [-0.25, -0.2) is 4.98 Å². The lowest BCUT2D eigenvalue weighted by Gasteiger charge is -2.05. The fourth-order valence-corrected chi connectivity index (χ4v) is 4.55. The third-order valence-electron chi connectivity index (χ3n) is 4.82. The van der Waals surface area contributed by atoms with Gasteiger partial charge in [0.15, 0.2) is 5.13 Å². The van der Waals surface area contributed by atoms with E-state index in [2.05, 4.69) is 40.6 Å². The third-order valence-corrected chi connectivity index (χ3v) is 5.87. The van der Waals surface area contributed by atoms with Crippen LogP contribution in [-0.2, 0) is 6.54 Å². The molecular weight excluding hydrogens is 354 g/mol. The summed E-state index contributed by atoms with van der Waals surface area (Å²) in [5, 5.41) is 7.96. The van der Waals surface area contributed by atoms with E-state index in [1.807, 2.05) is 31.2 Å². The monoisotopic (exact) mass is 371 g/mol. The Labute approximate surface area is 159 Å². The number of aromatic amines is 1. The standard InChI is InChI=1S/C22H17N3OS/c1-13-7-8-15-17(11-13)18-16(9-10-23-21(18)26)20-19(15)25-22(27-20)24-12-14-5-3-2-4-6-14/h2-11H,12H2,1H3,(H,23,26)(H,24,25). The van der Waals surface area contributed by atoms with Crippen molar-refractivity contribution in [2.75, 3.05) is 5.32 Å². The van der Waals surface area contributed by atoms with Crippen molar-refractivity contribution in [3.05, 3.63) is 82.3 Å². The molecule has 0 aliphatic rings. The molecule has 0 saturated carbocycles. The molecule has 0 aliphatic carbocycles. The maximum Gasteiger partial charge on any atom is 0.256 e. The molecule has 0 unspecified atom stereocenters. The molecule has 27 heavy (non-hydrogen) atoms. The second-order valence-corrected chi connectivity index (χ2v) is 7.68. The number of fused-ring (bicyclic) bond motifs is 6. The zero-order valence-electron chi connectivity index (χ0n) is 14.7. The number of hydrogen-bond donors (Lipinski definition) is 2. The highest BCUT2D eigenvalue weighted by atomic mass is 32.1. The van der Waals surface area contributed by atoms with Gasteiger partial charge in [0.2, 0.25) is 0 Å². The zero-order valence-corrected chi connectivity index (χ0v) is 15.6. The minimum absolute atomic E-state index is 0.0582. The fourth-order valence-electron chi connectivity index (χ4n) is 3.54. The number of nitrogens with zero attached hydrogens (tertiary/aromatic N) is 1. The number of hydrogen-bond acceptors (Lipinski definition) is 4. The SMILES string of the molecule is Cc1ccc2c(c1)c1c(=O)[nH]ccc1c1sc(NCc3ccccc3)nc21. The summed E-state index contributed by atoms with van der Waals surface area (Å²) in [7, 11) is 0. The maximum absolute atomic E-state index is 12.6. The Hall–Kier alpha value is -3.18. The number of anilines is 1. The quantitative estimate of drug-likeness (QED) is 0.428. The molecular formula is C22H17N3OS. The highest BCUT2D eigenvalue weighted by molar-refractivity contribution is 7.23. The lowest BCUT2D eigenvalue weighted by Crippen LogP contribution is -2.05. The average Bonchev–Trinajstić information content (AvgIpc) is 3.12. The highest BCUT2D eigenvalue weighted by Crippen LogP contribution is 2.38. The summed E-state index contributed by atoms with van der Waals surface area (Å²) < 4.78 is 1.04. The normalized spacial score (nSPS) is 11.4. The van der Waals surface area contributed by atoms with Crippen LogP contribution in [0, 0.1) is 6.92 Å². The minimum atomic E-state index is -0.0582. The van der Waals surface area contributed by atoms with E-state index < -0.39 is 0 Å². The van der Waals surface area contributed by atoms with E-state index in [0.29, 0.717) is 0 Å². The van der Waals surface area contributed by atoms with Gasteiger partial charge in [-0.3, -0.25) is 4.79 Å². The topological polar surface area (TPSA) is 57.8 Å². The Morgan fingerprint density at radius 2 is 1.89 bits per heavy atom. The molecule has 0 fully saturated rings. The molecule has 3 aromatic carbocycles. The van der Waals surface area contributed by atoms with Crippen LogP contribution >= 0.6 is 11.3 Å². The van der Waals surface area contributed by atoms with Gasteiger partial charge in [-0.1, -0.05) is 65.4 Å². The van der Waals surface area contributed by atoms with Crippen LogP contribution in [0.15, 0.2) is 65.6 Å². The van der Waals surface area contributed by atoms with Crippen LogP contribution < -0.4 is 10.9 Å². The maximum atomic E-state index is 12.6. The van der Waals surface area contributed by atoms with E-state index >= 15 is 0 Å². The second kappa shape index (κ2) is 6.21. The van der Waals surface area contributed by atoms with Gasteiger partial charge in [-0.2, -0.15) is 0 Å².